The van der Waals surface area contributed by atoms with Gasteiger partial charge in [-0.05, 0) is 37.6 Å². The lowest BCUT2D eigenvalue weighted by molar-refractivity contribution is 0.0939. The maximum absolute atomic E-state index is 13.9. The molecule has 0 heterocycles. The highest BCUT2D eigenvalue weighted by molar-refractivity contribution is 5.94. The van der Waals surface area contributed by atoms with Crippen LogP contribution in [-0.2, 0) is 0 Å². The molecule has 0 fully saturated rings. The standard InChI is InChI=1S/C18H21FN2O/c1-12-5-7-14(8-6-12)13(2)20-18(22)15-9-10-17(21(3)4)16(19)11-15/h5-11,13H,1-4H3,(H,20,22). The lowest BCUT2D eigenvalue weighted by atomic mass is 10.1. The average Bonchev–Trinajstić information content (AvgIpc) is 2.47. The molecular weight excluding hydrogens is 279 g/mol. The minimum atomic E-state index is -0.402. The van der Waals surface area contributed by atoms with E-state index < -0.39 is 5.82 Å². The predicted molar refractivity (Wildman–Crippen MR) is 87.8 cm³/mol. The molecule has 1 unspecified atom stereocenters. The van der Waals surface area contributed by atoms with Crippen molar-refractivity contribution in [3.8, 4) is 0 Å². The van der Waals surface area contributed by atoms with Crippen LogP contribution in [0, 0.1) is 12.7 Å². The number of hydrogen-bond donors (Lipinski definition) is 1. The average molecular weight is 300 g/mol. The van der Waals surface area contributed by atoms with E-state index in [-0.39, 0.29) is 11.9 Å². The summed E-state index contributed by atoms with van der Waals surface area (Å²) in [7, 11) is 3.52. The predicted octanol–water partition coefficient (Wildman–Crippen LogP) is 3.69. The zero-order valence-corrected chi connectivity index (χ0v) is 13.4. The van der Waals surface area contributed by atoms with E-state index in [2.05, 4.69) is 5.32 Å². The summed E-state index contributed by atoms with van der Waals surface area (Å²) in [6.07, 6.45) is 0. The number of nitrogens with one attached hydrogen (secondary N) is 1. The molecule has 4 heteroatoms. The second-order valence-corrected chi connectivity index (χ2v) is 5.67. The van der Waals surface area contributed by atoms with Gasteiger partial charge in [0.15, 0.2) is 0 Å². The van der Waals surface area contributed by atoms with Gasteiger partial charge in [0.25, 0.3) is 5.91 Å². The monoisotopic (exact) mass is 300 g/mol. The van der Waals surface area contributed by atoms with Crippen molar-refractivity contribution < 1.29 is 9.18 Å². The van der Waals surface area contributed by atoms with Crippen LogP contribution in [0.3, 0.4) is 0 Å². The topological polar surface area (TPSA) is 32.3 Å². The van der Waals surface area contributed by atoms with Crippen molar-refractivity contribution in [3.05, 3.63) is 65.0 Å². The highest BCUT2D eigenvalue weighted by Crippen LogP contribution is 2.19. The molecule has 0 saturated carbocycles. The van der Waals surface area contributed by atoms with Crippen molar-refractivity contribution in [2.45, 2.75) is 19.9 Å². The number of halogens is 1. The van der Waals surface area contributed by atoms with E-state index in [0.717, 1.165) is 5.56 Å². The second-order valence-electron chi connectivity index (χ2n) is 5.67. The Bertz CT molecular complexity index is 665. The molecule has 0 radical (unpaired) electrons. The fourth-order valence-corrected chi connectivity index (χ4v) is 2.23. The van der Waals surface area contributed by atoms with Gasteiger partial charge in [0.2, 0.25) is 0 Å². The lowest BCUT2D eigenvalue weighted by Crippen LogP contribution is -2.26. The van der Waals surface area contributed by atoms with Gasteiger partial charge in [0.05, 0.1) is 11.7 Å². The van der Waals surface area contributed by atoms with E-state index in [1.165, 1.54) is 11.6 Å². The SMILES string of the molecule is Cc1ccc(C(C)NC(=O)c2ccc(N(C)C)c(F)c2)cc1. The maximum atomic E-state index is 13.9. The van der Waals surface area contributed by atoms with Crippen LogP contribution in [0.2, 0.25) is 0 Å². The number of amides is 1. The van der Waals surface area contributed by atoms with Crippen molar-refractivity contribution in [2.75, 3.05) is 19.0 Å². The minimum absolute atomic E-state index is 0.135. The molecule has 0 aliphatic carbocycles. The summed E-state index contributed by atoms with van der Waals surface area (Å²) in [6, 6.07) is 12.4. The number of anilines is 1. The van der Waals surface area contributed by atoms with Crippen LogP contribution in [-0.4, -0.2) is 20.0 Å². The third-order valence-electron chi connectivity index (χ3n) is 3.62. The van der Waals surface area contributed by atoms with E-state index in [1.807, 2.05) is 38.1 Å². The van der Waals surface area contributed by atoms with Crippen molar-refractivity contribution in [1.29, 1.82) is 0 Å². The number of nitrogens with zero attached hydrogens (tertiary/aromatic N) is 1. The molecule has 0 aliphatic rings. The Hall–Kier alpha value is -2.36. The van der Waals surface area contributed by atoms with Gasteiger partial charge in [-0.15, -0.1) is 0 Å². The lowest BCUT2D eigenvalue weighted by Gasteiger charge is -2.16. The molecule has 1 N–H and O–H groups in total. The van der Waals surface area contributed by atoms with Crippen LogP contribution in [0.25, 0.3) is 0 Å². The maximum Gasteiger partial charge on any atom is 0.251 e. The van der Waals surface area contributed by atoms with Crippen LogP contribution >= 0.6 is 0 Å². The first-order chi connectivity index (χ1) is 10.4. The Kier molecular flexibility index (Phi) is 4.81. The summed E-state index contributed by atoms with van der Waals surface area (Å²) in [5, 5.41) is 2.89. The molecule has 0 aromatic heterocycles. The molecule has 2 aromatic rings. The second kappa shape index (κ2) is 6.60. The fourth-order valence-electron chi connectivity index (χ4n) is 2.23. The summed E-state index contributed by atoms with van der Waals surface area (Å²) in [4.78, 5) is 13.9. The largest absolute Gasteiger partial charge is 0.375 e. The first-order valence-electron chi connectivity index (χ1n) is 7.23. The quantitative estimate of drug-likeness (QED) is 0.934. The molecule has 1 amide bonds. The minimum Gasteiger partial charge on any atom is -0.375 e. The van der Waals surface area contributed by atoms with Gasteiger partial charge in [-0.2, -0.15) is 0 Å². The molecule has 0 saturated heterocycles. The number of benzene rings is 2. The molecule has 2 aromatic carbocycles. The number of carbonyl (C=O) groups is 1. The smallest absolute Gasteiger partial charge is 0.251 e. The van der Waals surface area contributed by atoms with Gasteiger partial charge >= 0.3 is 0 Å². The Labute approximate surface area is 130 Å². The molecule has 3 nitrogen and oxygen atoms in total. The number of aryl methyl sites for hydroxylation is 1. The molecule has 22 heavy (non-hydrogen) atoms. The summed E-state index contributed by atoms with van der Waals surface area (Å²) in [5.74, 6) is -0.682. The van der Waals surface area contributed by atoms with Crippen LogP contribution in [0.4, 0.5) is 10.1 Å². The van der Waals surface area contributed by atoms with Gasteiger partial charge in [0, 0.05) is 19.7 Å². The Morgan fingerprint density at radius 1 is 1.14 bits per heavy atom. The van der Waals surface area contributed by atoms with Crippen LogP contribution in [0.1, 0.15) is 34.5 Å². The first-order valence-corrected chi connectivity index (χ1v) is 7.23. The zero-order chi connectivity index (χ0) is 16.3. The highest BCUT2D eigenvalue weighted by Gasteiger charge is 2.14. The van der Waals surface area contributed by atoms with Gasteiger partial charge in [-0.3, -0.25) is 4.79 Å². The Morgan fingerprint density at radius 3 is 2.32 bits per heavy atom. The van der Waals surface area contributed by atoms with Crippen molar-refractivity contribution >= 4 is 11.6 Å². The summed E-state index contributed by atoms with van der Waals surface area (Å²) in [5.41, 5.74) is 2.97. The number of hydrogen-bond acceptors (Lipinski definition) is 2. The third kappa shape index (κ3) is 3.64. The van der Waals surface area contributed by atoms with Crippen molar-refractivity contribution in [3.63, 3.8) is 0 Å². The van der Waals surface area contributed by atoms with Gasteiger partial charge in [-0.25, -0.2) is 4.39 Å². The normalized spacial score (nSPS) is 11.9. The summed E-state index contributed by atoms with van der Waals surface area (Å²) >= 11 is 0. The Balaban J connectivity index is 2.12. The highest BCUT2D eigenvalue weighted by atomic mass is 19.1. The molecule has 0 spiro atoms. The zero-order valence-electron chi connectivity index (χ0n) is 13.4. The summed E-state index contributed by atoms with van der Waals surface area (Å²) in [6.45, 7) is 3.93. The van der Waals surface area contributed by atoms with Crippen LogP contribution in [0.15, 0.2) is 42.5 Å². The van der Waals surface area contributed by atoms with E-state index in [4.69, 9.17) is 0 Å². The van der Waals surface area contributed by atoms with Crippen LogP contribution in [0.5, 0.6) is 0 Å². The van der Waals surface area contributed by atoms with Crippen molar-refractivity contribution in [2.24, 2.45) is 0 Å². The summed E-state index contributed by atoms with van der Waals surface area (Å²) < 4.78 is 13.9. The van der Waals surface area contributed by atoms with Crippen molar-refractivity contribution in [1.82, 2.24) is 5.32 Å². The number of rotatable bonds is 4. The van der Waals surface area contributed by atoms with Gasteiger partial charge in [0.1, 0.15) is 5.82 Å². The van der Waals surface area contributed by atoms with Gasteiger partial charge in [-0.1, -0.05) is 29.8 Å². The van der Waals surface area contributed by atoms with Gasteiger partial charge < -0.3 is 10.2 Å². The molecule has 116 valence electrons. The number of carbonyl (C=O) groups excluding carboxylic acids is 1. The molecular formula is C18H21FN2O. The van der Waals surface area contributed by atoms with E-state index in [9.17, 15) is 9.18 Å². The van der Waals surface area contributed by atoms with Crippen LogP contribution < -0.4 is 10.2 Å². The molecule has 2 rings (SSSR count). The first kappa shape index (κ1) is 16.0. The molecule has 0 aliphatic heterocycles. The molecule has 0 bridgehead atoms. The molecule has 1 atom stereocenters. The van der Waals surface area contributed by atoms with E-state index in [0.29, 0.717) is 11.3 Å². The van der Waals surface area contributed by atoms with E-state index >= 15 is 0 Å². The van der Waals surface area contributed by atoms with E-state index in [1.54, 1.807) is 31.1 Å². The Morgan fingerprint density at radius 2 is 1.77 bits per heavy atom. The fraction of sp³-hybridized carbons (Fsp3) is 0.278. The third-order valence-corrected chi connectivity index (χ3v) is 3.62.